The van der Waals surface area contributed by atoms with Crippen LogP contribution in [-0.4, -0.2) is 18.0 Å². The molecule has 0 aromatic heterocycles. The van der Waals surface area contributed by atoms with Gasteiger partial charge in [-0.1, -0.05) is 6.92 Å². The van der Waals surface area contributed by atoms with E-state index in [0.717, 1.165) is 12.8 Å². The summed E-state index contributed by atoms with van der Waals surface area (Å²) in [5.41, 5.74) is 5.94. The number of rotatable bonds is 4. The van der Waals surface area contributed by atoms with Crippen molar-refractivity contribution in [2.45, 2.75) is 44.6 Å². The van der Waals surface area contributed by atoms with E-state index >= 15 is 0 Å². The molecule has 2 fully saturated rings. The van der Waals surface area contributed by atoms with E-state index < -0.39 is 0 Å². The van der Waals surface area contributed by atoms with Crippen LogP contribution in [0, 0.1) is 11.8 Å². The summed E-state index contributed by atoms with van der Waals surface area (Å²) in [4.78, 5) is 11.6. The van der Waals surface area contributed by atoms with Crippen molar-refractivity contribution in [2.24, 2.45) is 17.6 Å². The number of carbonyl (C=O) groups excluding carboxylic acids is 1. The largest absolute Gasteiger partial charge is 0.354 e. The number of nitrogens with one attached hydrogen (secondary N) is 1. The van der Waals surface area contributed by atoms with Gasteiger partial charge in [-0.15, -0.1) is 0 Å². The molecule has 0 spiro atoms. The number of carbonyl (C=O) groups is 1. The van der Waals surface area contributed by atoms with Gasteiger partial charge in [-0.3, -0.25) is 4.79 Å². The van der Waals surface area contributed by atoms with Crippen LogP contribution in [0.15, 0.2) is 0 Å². The van der Waals surface area contributed by atoms with Gasteiger partial charge in [0.1, 0.15) is 0 Å². The van der Waals surface area contributed by atoms with Crippen LogP contribution in [0.25, 0.3) is 0 Å². The highest BCUT2D eigenvalue weighted by Crippen LogP contribution is 2.36. The van der Waals surface area contributed by atoms with Gasteiger partial charge in [0.05, 0.1) is 0 Å². The van der Waals surface area contributed by atoms with Crippen LogP contribution >= 0.6 is 0 Å². The molecule has 3 nitrogen and oxygen atoms in total. The second-order valence-electron chi connectivity index (χ2n) is 5.06. The maximum atomic E-state index is 11.6. The highest BCUT2D eigenvalue weighted by atomic mass is 16.1. The van der Waals surface area contributed by atoms with Crippen molar-refractivity contribution < 1.29 is 4.79 Å². The first-order valence-corrected chi connectivity index (χ1v) is 5.67. The molecule has 0 aromatic rings. The van der Waals surface area contributed by atoms with Crippen molar-refractivity contribution in [3.8, 4) is 0 Å². The maximum Gasteiger partial charge on any atom is 0.223 e. The molecule has 14 heavy (non-hydrogen) atoms. The Bertz CT molecular complexity index is 231. The van der Waals surface area contributed by atoms with E-state index in [1.807, 2.05) is 6.92 Å². The molecule has 80 valence electrons. The molecule has 1 amide bonds. The Balaban J connectivity index is 1.71. The van der Waals surface area contributed by atoms with Gasteiger partial charge >= 0.3 is 0 Å². The fourth-order valence-corrected chi connectivity index (χ4v) is 2.04. The molecule has 1 unspecified atom stereocenters. The molecule has 1 atom stereocenters. The van der Waals surface area contributed by atoms with Crippen LogP contribution in [-0.2, 0) is 4.79 Å². The SMILES string of the molecule is CC(C(=O)NCC1(N)CCC1)C1CC1. The summed E-state index contributed by atoms with van der Waals surface area (Å²) in [5, 5.41) is 2.98. The van der Waals surface area contributed by atoms with Gasteiger partial charge in [-0.2, -0.15) is 0 Å². The van der Waals surface area contributed by atoms with Crippen LogP contribution in [0.4, 0.5) is 0 Å². The minimum atomic E-state index is -0.0844. The van der Waals surface area contributed by atoms with E-state index in [1.165, 1.54) is 19.3 Å². The first kappa shape index (κ1) is 9.97. The molecule has 0 aromatic carbocycles. The van der Waals surface area contributed by atoms with Crippen molar-refractivity contribution >= 4 is 5.91 Å². The van der Waals surface area contributed by atoms with Gasteiger partial charge in [-0.05, 0) is 38.0 Å². The van der Waals surface area contributed by atoms with Crippen LogP contribution in [0.5, 0.6) is 0 Å². The van der Waals surface area contributed by atoms with E-state index in [1.54, 1.807) is 0 Å². The third kappa shape index (κ3) is 2.08. The van der Waals surface area contributed by atoms with Crippen molar-refractivity contribution in [1.29, 1.82) is 0 Å². The predicted octanol–water partition coefficient (Wildman–Crippen LogP) is 1.03. The number of hydrogen-bond acceptors (Lipinski definition) is 2. The molecule has 0 saturated heterocycles. The Morgan fingerprint density at radius 1 is 1.57 bits per heavy atom. The smallest absolute Gasteiger partial charge is 0.223 e. The van der Waals surface area contributed by atoms with E-state index in [9.17, 15) is 4.79 Å². The van der Waals surface area contributed by atoms with Gasteiger partial charge in [0.2, 0.25) is 5.91 Å². The fourth-order valence-electron chi connectivity index (χ4n) is 2.04. The quantitative estimate of drug-likeness (QED) is 0.705. The summed E-state index contributed by atoms with van der Waals surface area (Å²) >= 11 is 0. The van der Waals surface area contributed by atoms with Crippen molar-refractivity contribution in [2.75, 3.05) is 6.54 Å². The summed E-state index contributed by atoms with van der Waals surface area (Å²) in [6.45, 7) is 2.69. The standard InChI is InChI=1S/C11H20N2O/c1-8(9-3-4-9)10(14)13-7-11(12)5-2-6-11/h8-9H,2-7,12H2,1H3,(H,13,14). The molecule has 2 saturated carbocycles. The summed E-state index contributed by atoms with van der Waals surface area (Å²) in [6, 6.07) is 0. The van der Waals surface area contributed by atoms with Crippen LogP contribution in [0.2, 0.25) is 0 Å². The molecule has 0 heterocycles. The predicted molar refractivity (Wildman–Crippen MR) is 55.7 cm³/mol. The second-order valence-corrected chi connectivity index (χ2v) is 5.06. The van der Waals surface area contributed by atoms with Crippen LogP contribution in [0.3, 0.4) is 0 Å². The van der Waals surface area contributed by atoms with E-state index in [0.29, 0.717) is 12.5 Å². The van der Waals surface area contributed by atoms with Crippen LogP contribution in [0.1, 0.15) is 39.0 Å². The van der Waals surface area contributed by atoms with E-state index in [2.05, 4.69) is 5.32 Å². The fraction of sp³-hybridized carbons (Fsp3) is 0.909. The zero-order valence-electron chi connectivity index (χ0n) is 8.88. The maximum absolute atomic E-state index is 11.6. The number of amides is 1. The van der Waals surface area contributed by atoms with Gasteiger partial charge in [0, 0.05) is 18.0 Å². The Hall–Kier alpha value is -0.570. The molecular weight excluding hydrogens is 176 g/mol. The third-order valence-corrected chi connectivity index (χ3v) is 3.71. The first-order valence-electron chi connectivity index (χ1n) is 5.67. The van der Waals surface area contributed by atoms with E-state index in [4.69, 9.17) is 5.73 Å². The highest BCUT2D eigenvalue weighted by Gasteiger charge is 2.35. The lowest BCUT2D eigenvalue weighted by molar-refractivity contribution is -0.125. The Morgan fingerprint density at radius 3 is 2.64 bits per heavy atom. The zero-order chi connectivity index (χ0) is 10.2. The monoisotopic (exact) mass is 196 g/mol. The van der Waals surface area contributed by atoms with Crippen LogP contribution < -0.4 is 11.1 Å². The van der Waals surface area contributed by atoms with Gasteiger partial charge in [0.15, 0.2) is 0 Å². The third-order valence-electron chi connectivity index (χ3n) is 3.71. The highest BCUT2D eigenvalue weighted by molar-refractivity contribution is 5.79. The number of hydrogen-bond donors (Lipinski definition) is 2. The average Bonchev–Trinajstić information content (AvgIpc) is 2.92. The molecule has 3 heteroatoms. The van der Waals surface area contributed by atoms with Crippen molar-refractivity contribution in [3.63, 3.8) is 0 Å². The normalized spacial score (nSPS) is 26.4. The van der Waals surface area contributed by atoms with Gasteiger partial charge < -0.3 is 11.1 Å². The molecule has 2 aliphatic rings. The first-order chi connectivity index (χ1) is 6.61. The summed E-state index contributed by atoms with van der Waals surface area (Å²) in [6.07, 6.45) is 5.78. The second kappa shape index (κ2) is 3.54. The molecule has 0 aliphatic heterocycles. The minimum absolute atomic E-state index is 0.0844. The molecule has 3 N–H and O–H groups in total. The Labute approximate surface area is 85.4 Å². The number of nitrogens with two attached hydrogens (primary N) is 1. The lowest BCUT2D eigenvalue weighted by Crippen LogP contribution is -2.55. The summed E-state index contributed by atoms with van der Waals surface area (Å²) in [5.74, 6) is 1.04. The lowest BCUT2D eigenvalue weighted by Gasteiger charge is -2.38. The minimum Gasteiger partial charge on any atom is -0.354 e. The van der Waals surface area contributed by atoms with Crippen molar-refractivity contribution in [1.82, 2.24) is 5.32 Å². The molecule has 2 aliphatic carbocycles. The van der Waals surface area contributed by atoms with Gasteiger partial charge in [-0.25, -0.2) is 0 Å². The topological polar surface area (TPSA) is 55.1 Å². The Morgan fingerprint density at radius 2 is 2.21 bits per heavy atom. The molecule has 2 rings (SSSR count). The zero-order valence-corrected chi connectivity index (χ0v) is 8.88. The summed E-state index contributed by atoms with van der Waals surface area (Å²) in [7, 11) is 0. The lowest BCUT2D eigenvalue weighted by atomic mass is 9.77. The van der Waals surface area contributed by atoms with E-state index in [-0.39, 0.29) is 17.4 Å². The Kier molecular flexibility index (Phi) is 2.52. The van der Waals surface area contributed by atoms with Gasteiger partial charge in [0.25, 0.3) is 0 Å². The average molecular weight is 196 g/mol. The summed E-state index contributed by atoms with van der Waals surface area (Å²) < 4.78 is 0. The van der Waals surface area contributed by atoms with Crippen molar-refractivity contribution in [3.05, 3.63) is 0 Å². The molecule has 0 bridgehead atoms. The molecule has 0 radical (unpaired) electrons. The molecular formula is C11H20N2O.